The Labute approximate surface area is 119 Å². The zero-order valence-corrected chi connectivity index (χ0v) is 12.5. The van der Waals surface area contributed by atoms with Crippen LogP contribution in [0.1, 0.15) is 6.42 Å². The zero-order valence-electron chi connectivity index (χ0n) is 10.8. The van der Waals surface area contributed by atoms with Crippen molar-refractivity contribution in [1.82, 2.24) is 4.31 Å². The standard InChI is InChI=1S/C12H17NO5S2/c14-8-7-13(11-6-9-19(15,16)10-11)20(17,18)12-4-2-1-3-5-12/h1-5,11,14H,6-10H2. The molecule has 1 heterocycles. The van der Waals surface area contributed by atoms with Gasteiger partial charge in [-0.2, -0.15) is 4.31 Å². The highest BCUT2D eigenvalue weighted by atomic mass is 32.2. The van der Waals surface area contributed by atoms with E-state index >= 15 is 0 Å². The van der Waals surface area contributed by atoms with Crippen molar-refractivity contribution < 1.29 is 21.9 Å². The van der Waals surface area contributed by atoms with Crippen LogP contribution in [0.15, 0.2) is 35.2 Å². The van der Waals surface area contributed by atoms with Gasteiger partial charge in [0, 0.05) is 12.6 Å². The summed E-state index contributed by atoms with van der Waals surface area (Å²) in [6, 6.07) is 7.24. The van der Waals surface area contributed by atoms with Crippen LogP contribution in [0.4, 0.5) is 0 Å². The molecule has 1 aromatic carbocycles. The largest absolute Gasteiger partial charge is 0.395 e. The summed E-state index contributed by atoms with van der Waals surface area (Å²) in [5, 5.41) is 9.08. The fourth-order valence-electron chi connectivity index (χ4n) is 2.33. The number of hydrogen-bond donors (Lipinski definition) is 1. The molecule has 1 aromatic rings. The summed E-state index contributed by atoms with van der Waals surface area (Å²) in [6.45, 7) is -0.444. The minimum absolute atomic E-state index is 0.0100. The topological polar surface area (TPSA) is 91.8 Å². The molecule has 1 N–H and O–H groups in total. The minimum Gasteiger partial charge on any atom is -0.395 e. The molecule has 1 aliphatic rings. The molecule has 1 fully saturated rings. The lowest BCUT2D eigenvalue weighted by Crippen LogP contribution is -2.42. The van der Waals surface area contributed by atoms with Gasteiger partial charge in [-0.05, 0) is 18.6 Å². The summed E-state index contributed by atoms with van der Waals surface area (Å²) in [6.07, 6.45) is 0.272. The van der Waals surface area contributed by atoms with Crippen molar-refractivity contribution in [3.63, 3.8) is 0 Å². The third-order valence-electron chi connectivity index (χ3n) is 3.29. The van der Waals surface area contributed by atoms with Gasteiger partial charge in [-0.1, -0.05) is 18.2 Å². The highest BCUT2D eigenvalue weighted by molar-refractivity contribution is 7.92. The number of rotatable bonds is 5. The monoisotopic (exact) mass is 319 g/mol. The Morgan fingerprint density at radius 3 is 2.40 bits per heavy atom. The third kappa shape index (κ3) is 3.20. The van der Waals surface area contributed by atoms with Gasteiger partial charge < -0.3 is 5.11 Å². The van der Waals surface area contributed by atoms with Gasteiger partial charge in [0.25, 0.3) is 0 Å². The smallest absolute Gasteiger partial charge is 0.243 e. The molecule has 0 aliphatic carbocycles. The third-order valence-corrected chi connectivity index (χ3v) is 7.00. The van der Waals surface area contributed by atoms with E-state index in [0.29, 0.717) is 0 Å². The van der Waals surface area contributed by atoms with Gasteiger partial charge in [0.1, 0.15) is 0 Å². The number of aliphatic hydroxyl groups excluding tert-OH is 1. The van der Waals surface area contributed by atoms with Crippen LogP contribution in [0.5, 0.6) is 0 Å². The highest BCUT2D eigenvalue weighted by Gasteiger charge is 2.38. The Kier molecular flexibility index (Phi) is 4.48. The molecule has 0 bridgehead atoms. The number of sulfonamides is 1. The minimum atomic E-state index is -3.79. The van der Waals surface area contributed by atoms with Crippen LogP contribution in [-0.2, 0) is 19.9 Å². The molecule has 1 atom stereocenters. The molecule has 20 heavy (non-hydrogen) atoms. The van der Waals surface area contributed by atoms with E-state index in [-0.39, 0.29) is 36.0 Å². The number of sulfone groups is 1. The maximum atomic E-state index is 12.5. The fraction of sp³-hybridized carbons (Fsp3) is 0.500. The fourth-order valence-corrected chi connectivity index (χ4v) is 5.82. The van der Waals surface area contributed by atoms with E-state index in [1.165, 1.54) is 12.1 Å². The average Bonchev–Trinajstić information content (AvgIpc) is 2.77. The maximum absolute atomic E-state index is 12.5. The Morgan fingerprint density at radius 1 is 1.25 bits per heavy atom. The summed E-state index contributed by atoms with van der Waals surface area (Å²) < 4.78 is 49.2. The van der Waals surface area contributed by atoms with Crippen LogP contribution in [0.3, 0.4) is 0 Å². The first-order valence-electron chi connectivity index (χ1n) is 6.25. The Balaban J connectivity index is 2.34. The Hall–Kier alpha value is -0.960. The van der Waals surface area contributed by atoms with Gasteiger partial charge in [0.05, 0.1) is 23.0 Å². The molecule has 2 rings (SSSR count). The van der Waals surface area contributed by atoms with E-state index < -0.39 is 25.9 Å². The molecule has 112 valence electrons. The predicted octanol–water partition coefficient (Wildman–Crippen LogP) is -0.143. The van der Waals surface area contributed by atoms with Crippen LogP contribution in [-0.4, -0.2) is 56.9 Å². The summed E-state index contributed by atoms with van der Waals surface area (Å²) in [7, 11) is -6.98. The molecule has 1 aliphatic heterocycles. The van der Waals surface area contributed by atoms with Crippen molar-refractivity contribution in [3.05, 3.63) is 30.3 Å². The van der Waals surface area contributed by atoms with Crippen molar-refractivity contribution in [3.8, 4) is 0 Å². The molecule has 0 aromatic heterocycles. The SMILES string of the molecule is O=S1(=O)CCC(N(CCO)S(=O)(=O)c2ccccc2)C1. The van der Waals surface area contributed by atoms with Crippen molar-refractivity contribution in [2.75, 3.05) is 24.7 Å². The van der Waals surface area contributed by atoms with Crippen molar-refractivity contribution >= 4 is 19.9 Å². The van der Waals surface area contributed by atoms with Gasteiger partial charge >= 0.3 is 0 Å². The van der Waals surface area contributed by atoms with Crippen LogP contribution >= 0.6 is 0 Å². The first-order valence-corrected chi connectivity index (χ1v) is 9.51. The molecule has 0 radical (unpaired) electrons. The molecule has 0 amide bonds. The molecule has 6 nitrogen and oxygen atoms in total. The zero-order chi connectivity index (χ0) is 14.8. The molecule has 8 heteroatoms. The van der Waals surface area contributed by atoms with Gasteiger partial charge in [0.2, 0.25) is 10.0 Å². The molecule has 0 spiro atoms. The van der Waals surface area contributed by atoms with E-state index in [1.54, 1.807) is 18.2 Å². The summed E-state index contributed by atoms with van der Waals surface area (Å²) >= 11 is 0. The van der Waals surface area contributed by atoms with E-state index in [1.807, 2.05) is 0 Å². The first kappa shape index (κ1) is 15.4. The first-order chi connectivity index (χ1) is 9.37. The highest BCUT2D eigenvalue weighted by Crippen LogP contribution is 2.24. The van der Waals surface area contributed by atoms with Crippen molar-refractivity contribution in [1.29, 1.82) is 0 Å². The molecule has 1 unspecified atom stereocenters. The van der Waals surface area contributed by atoms with Crippen LogP contribution in [0.2, 0.25) is 0 Å². The van der Waals surface area contributed by atoms with Crippen LogP contribution in [0.25, 0.3) is 0 Å². The second-order valence-electron chi connectivity index (χ2n) is 4.71. The molecular weight excluding hydrogens is 302 g/mol. The predicted molar refractivity (Wildman–Crippen MR) is 74.5 cm³/mol. The average molecular weight is 319 g/mol. The molecular formula is C12H17NO5S2. The lowest BCUT2D eigenvalue weighted by molar-refractivity contribution is 0.232. The number of aliphatic hydroxyl groups is 1. The van der Waals surface area contributed by atoms with Crippen molar-refractivity contribution in [2.24, 2.45) is 0 Å². The Morgan fingerprint density at radius 2 is 1.90 bits per heavy atom. The van der Waals surface area contributed by atoms with Gasteiger partial charge in [-0.25, -0.2) is 16.8 Å². The van der Waals surface area contributed by atoms with E-state index in [0.717, 1.165) is 4.31 Å². The second kappa shape index (κ2) is 5.80. The van der Waals surface area contributed by atoms with Crippen LogP contribution in [0, 0.1) is 0 Å². The summed E-state index contributed by atoms with van der Waals surface area (Å²) in [5.74, 6) is -0.191. The maximum Gasteiger partial charge on any atom is 0.243 e. The van der Waals surface area contributed by atoms with Gasteiger partial charge in [-0.3, -0.25) is 0 Å². The number of hydrogen-bond acceptors (Lipinski definition) is 5. The lowest BCUT2D eigenvalue weighted by Gasteiger charge is -2.26. The normalized spacial score (nSPS) is 22.2. The molecule has 1 saturated heterocycles. The van der Waals surface area contributed by atoms with Crippen LogP contribution < -0.4 is 0 Å². The lowest BCUT2D eigenvalue weighted by atomic mass is 10.3. The van der Waals surface area contributed by atoms with E-state index in [2.05, 4.69) is 0 Å². The quantitative estimate of drug-likeness (QED) is 0.815. The van der Waals surface area contributed by atoms with E-state index in [4.69, 9.17) is 5.11 Å². The second-order valence-corrected chi connectivity index (χ2v) is 8.83. The van der Waals surface area contributed by atoms with Gasteiger partial charge in [0.15, 0.2) is 9.84 Å². The van der Waals surface area contributed by atoms with Gasteiger partial charge in [-0.15, -0.1) is 0 Å². The van der Waals surface area contributed by atoms with Crippen molar-refractivity contribution in [2.45, 2.75) is 17.4 Å². The number of nitrogens with zero attached hydrogens (tertiary/aromatic N) is 1. The van der Waals surface area contributed by atoms with E-state index in [9.17, 15) is 16.8 Å². The summed E-state index contributed by atoms with van der Waals surface area (Å²) in [4.78, 5) is 0.109. The Bertz CT molecular complexity index is 654. The summed E-state index contributed by atoms with van der Waals surface area (Å²) in [5.41, 5.74) is 0. The molecule has 0 saturated carbocycles. The number of benzene rings is 1.